The molecule has 0 radical (unpaired) electrons. The largest absolute Gasteiger partial charge is 0.352 e. The first-order valence-corrected chi connectivity index (χ1v) is 6.92. The number of nitrogens with one attached hydrogen (secondary N) is 1. The van der Waals surface area contributed by atoms with E-state index in [1.165, 1.54) is 0 Å². The molecule has 1 aliphatic rings. The molecule has 1 heterocycles. The van der Waals surface area contributed by atoms with Crippen LogP contribution in [-0.4, -0.2) is 52.7 Å². The smallest absolute Gasteiger partial charge is 0.334 e. The molecule has 0 spiro atoms. The Labute approximate surface area is 118 Å². The van der Waals surface area contributed by atoms with Crippen molar-refractivity contribution in [3.8, 4) is 0 Å². The average Bonchev–Trinajstić information content (AvgIpc) is 2.62. The third kappa shape index (κ3) is 3.34. The van der Waals surface area contributed by atoms with Gasteiger partial charge in [0.2, 0.25) is 5.91 Å². The second kappa shape index (κ2) is 7.02. The Morgan fingerprint density at radius 2 is 1.60 bits per heavy atom. The summed E-state index contributed by atoms with van der Waals surface area (Å²) in [6.07, 6.45) is 2.11. The summed E-state index contributed by atoms with van der Waals surface area (Å²) in [6.45, 7) is 5.46. The van der Waals surface area contributed by atoms with Gasteiger partial charge in [-0.05, 0) is 19.3 Å². The van der Waals surface area contributed by atoms with Crippen LogP contribution in [0.3, 0.4) is 0 Å². The highest BCUT2D eigenvalue weighted by Crippen LogP contribution is 2.12. The fraction of sp³-hybridized carbons (Fsp3) is 0.692. The molecule has 5 amide bonds. The van der Waals surface area contributed by atoms with E-state index in [0.29, 0.717) is 11.3 Å². The van der Waals surface area contributed by atoms with Gasteiger partial charge in [0, 0.05) is 12.6 Å². The van der Waals surface area contributed by atoms with Crippen LogP contribution in [0.25, 0.3) is 0 Å². The number of imide groups is 2. The Hall–Kier alpha value is -1.92. The van der Waals surface area contributed by atoms with Gasteiger partial charge in [0.25, 0.3) is 0 Å². The quantitative estimate of drug-likeness (QED) is 0.544. The van der Waals surface area contributed by atoms with E-state index in [1.807, 2.05) is 13.8 Å². The van der Waals surface area contributed by atoms with Crippen molar-refractivity contribution >= 4 is 23.8 Å². The van der Waals surface area contributed by atoms with Crippen LogP contribution < -0.4 is 5.32 Å². The molecular weight excluding hydrogens is 262 g/mol. The van der Waals surface area contributed by atoms with Crippen LogP contribution in [0.15, 0.2) is 0 Å². The van der Waals surface area contributed by atoms with Gasteiger partial charge in [-0.3, -0.25) is 19.3 Å². The molecule has 0 bridgehead atoms. The summed E-state index contributed by atoms with van der Waals surface area (Å²) in [6, 6.07) is -0.695. The fourth-order valence-corrected chi connectivity index (χ4v) is 2.02. The predicted molar refractivity (Wildman–Crippen MR) is 71.6 cm³/mol. The van der Waals surface area contributed by atoms with Gasteiger partial charge in [0.05, 0.1) is 0 Å². The van der Waals surface area contributed by atoms with Gasteiger partial charge in [-0.15, -0.1) is 0 Å². The van der Waals surface area contributed by atoms with Crippen molar-refractivity contribution in [2.24, 2.45) is 0 Å². The maximum atomic E-state index is 11.9. The van der Waals surface area contributed by atoms with Gasteiger partial charge < -0.3 is 5.32 Å². The second-order valence-electron chi connectivity index (χ2n) is 4.71. The van der Waals surface area contributed by atoms with Crippen molar-refractivity contribution in [1.29, 1.82) is 0 Å². The Balaban J connectivity index is 2.68. The van der Waals surface area contributed by atoms with Crippen LogP contribution in [-0.2, 0) is 14.4 Å². The lowest BCUT2D eigenvalue weighted by atomic mass is 10.2. The molecule has 0 aromatic carbocycles. The van der Waals surface area contributed by atoms with Gasteiger partial charge in [-0.2, -0.15) is 0 Å². The minimum absolute atomic E-state index is 0.0118. The standard InChI is InChI=1S/C13H21N3O4/c1-4-7-15-11(18)12(19)16(13(15)20)8-10(17)14-9(5-2)6-3/h9H,4-8H2,1-3H3,(H,14,17). The summed E-state index contributed by atoms with van der Waals surface area (Å²) in [4.78, 5) is 48.6. The van der Waals surface area contributed by atoms with Gasteiger partial charge in [0.15, 0.2) is 0 Å². The van der Waals surface area contributed by atoms with Crippen molar-refractivity contribution in [2.45, 2.75) is 46.1 Å². The zero-order chi connectivity index (χ0) is 15.3. The molecule has 0 saturated carbocycles. The lowest BCUT2D eigenvalue weighted by molar-refractivity contribution is -0.144. The van der Waals surface area contributed by atoms with Crippen molar-refractivity contribution in [3.63, 3.8) is 0 Å². The first-order valence-electron chi connectivity index (χ1n) is 6.92. The third-order valence-corrected chi connectivity index (χ3v) is 3.23. The van der Waals surface area contributed by atoms with E-state index in [-0.39, 0.29) is 12.6 Å². The van der Waals surface area contributed by atoms with E-state index in [0.717, 1.165) is 17.7 Å². The number of nitrogens with zero attached hydrogens (tertiary/aromatic N) is 2. The lowest BCUT2D eigenvalue weighted by Crippen LogP contribution is -2.44. The summed E-state index contributed by atoms with van der Waals surface area (Å²) in [7, 11) is 0. The van der Waals surface area contributed by atoms with E-state index in [4.69, 9.17) is 0 Å². The van der Waals surface area contributed by atoms with Crippen LogP contribution in [0.4, 0.5) is 4.79 Å². The molecule has 1 N–H and O–H groups in total. The predicted octanol–water partition coefficient (Wildman–Crippen LogP) is 0.492. The van der Waals surface area contributed by atoms with E-state index in [1.54, 1.807) is 6.92 Å². The SMILES string of the molecule is CCCN1C(=O)C(=O)N(CC(=O)NC(CC)CC)C1=O. The van der Waals surface area contributed by atoms with Gasteiger partial charge in [-0.25, -0.2) is 9.69 Å². The third-order valence-electron chi connectivity index (χ3n) is 3.23. The molecule has 0 aromatic heterocycles. The molecule has 0 aromatic rings. The van der Waals surface area contributed by atoms with Crippen LogP contribution in [0.5, 0.6) is 0 Å². The van der Waals surface area contributed by atoms with Crippen LogP contribution in [0.1, 0.15) is 40.0 Å². The highest BCUT2D eigenvalue weighted by atomic mass is 16.2. The average molecular weight is 283 g/mol. The van der Waals surface area contributed by atoms with Crippen molar-refractivity contribution in [3.05, 3.63) is 0 Å². The topological polar surface area (TPSA) is 86.8 Å². The molecule has 1 aliphatic heterocycles. The zero-order valence-electron chi connectivity index (χ0n) is 12.1. The minimum Gasteiger partial charge on any atom is -0.352 e. The Kier molecular flexibility index (Phi) is 5.66. The van der Waals surface area contributed by atoms with Gasteiger partial charge in [0.1, 0.15) is 6.54 Å². The second-order valence-corrected chi connectivity index (χ2v) is 4.71. The van der Waals surface area contributed by atoms with E-state index in [2.05, 4.69) is 5.32 Å². The van der Waals surface area contributed by atoms with Crippen molar-refractivity contribution in [2.75, 3.05) is 13.1 Å². The number of hydrogen-bond donors (Lipinski definition) is 1. The Morgan fingerprint density at radius 1 is 1.05 bits per heavy atom. The normalized spacial score (nSPS) is 15.5. The molecule has 1 rings (SSSR count). The molecule has 20 heavy (non-hydrogen) atoms. The van der Waals surface area contributed by atoms with Crippen molar-refractivity contribution < 1.29 is 19.2 Å². The molecule has 7 nitrogen and oxygen atoms in total. The number of carbonyl (C=O) groups is 4. The van der Waals surface area contributed by atoms with Crippen LogP contribution in [0.2, 0.25) is 0 Å². The number of rotatable bonds is 7. The molecular formula is C13H21N3O4. The first kappa shape index (κ1) is 16.1. The summed E-state index contributed by atoms with van der Waals surface area (Å²) in [5.41, 5.74) is 0. The maximum absolute atomic E-state index is 11.9. The Bertz CT molecular complexity index is 418. The molecule has 7 heteroatoms. The summed E-state index contributed by atoms with van der Waals surface area (Å²) >= 11 is 0. The van der Waals surface area contributed by atoms with E-state index in [9.17, 15) is 19.2 Å². The number of urea groups is 1. The maximum Gasteiger partial charge on any atom is 0.334 e. The van der Waals surface area contributed by atoms with E-state index < -0.39 is 30.3 Å². The summed E-state index contributed by atoms with van der Waals surface area (Å²) in [5, 5.41) is 2.73. The van der Waals surface area contributed by atoms with Gasteiger partial charge in [-0.1, -0.05) is 20.8 Å². The molecule has 0 unspecified atom stereocenters. The first-order chi connectivity index (χ1) is 9.46. The Morgan fingerprint density at radius 3 is 2.10 bits per heavy atom. The molecule has 1 saturated heterocycles. The van der Waals surface area contributed by atoms with Crippen LogP contribution >= 0.6 is 0 Å². The minimum atomic E-state index is -0.928. The molecule has 112 valence electrons. The van der Waals surface area contributed by atoms with Gasteiger partial charge >= 0.3 is 17.8 Å². The van der Waals surface area contributed by atoms with Crippen molar-refractivity contribution in [1.82, 2.24) is 15.1 Å². The molecule has 1 fully saturated rings. The fourth-order valence-electron chi connectivity index (χ4n) is 2.02. The highest BCUT2D eigenvalue weighted by molar-refractivity contribution is 6.45. The summed E-state index contributed by atoms with van der Waals surface area (Å²) < 4.78 is 0. The highest BCUT2D eigenvalue weighted by Gasteiger charge is 2.44. The number of carbonyl (C=O) groups excluding carboxylic acids is 4. The van der Waals surface area contributed by atoms with Crippen LogP contribution in [0, 0.1) is 0 Å². The molecule has 0 atom stereocenters. The molecule has 0 aliphatic carbocycles. The number of amides is 5. The van der Waals surface area contributed by atoms with E-state index >= 15 is 0 Å². The monoisotopic (exact) mass is 283 g/mol. The lowest BCUT2D eigenvalue weighted by Gasteiger charge is -2.18. The zero-order valence-corrected chi connectivity index (χ0v) is 12.1. The summed E-state index contributed by atoms with van der Waals surface area (Å²) in [5.74, 6) is -2.21. The number of hydrogen-bond acceptors (Lipinski definition) is 4.